The van der Waals surface area contributed by atoms with Gasteiger partial charge in [-0.15, -0.1) is 0 Å². The number of carbonyl (C=O) groups excluding carboxylic acids is 1. The molecule has 0 unspecified atom stereocenters. The summed E-state index contributed by atoms with van der Waals surface area (Å²) in [6.07, 6.45) is 5.41. The van der Waals surface area contributed by atoms with Crippen molar-refractivity contribution in [3.8, 4) is 5.75 Å². The molecule has 0 radical (unpaired) electrons. The van der Waals surface area contributed by atoms with Crippen LogP contribution >= 0.6 is 0 Å². The number of nitrogens with zero attached hydrogens (tertiary/aromatic N) is 1. The standard InChI is InChI=1S/C19H23N3O4/c1-20-19(26)12-9-6-10-13(16(12)23)21-14-15(18(25)17(14)24)22(2)11-7-4-3-5-8-11/h6,9-11,21,23H,3-5,7-8H2,1-2H3,(H,20,26). The van der Waals surface area contributed by atoms with E-state index in [1.54, 1.807) is 12.1 Å². The molecule has 1 aliphatic carbocycles. The van der Waals surface area contributed by atoms with Gasteiger partial charge in [0.25, 0.3) is 16.8 Å². The van der Waals surface area contributed by atoms with Crippen LogP contribution in [-0.4, -0.2) is 31.2 Å². The van der Waals surface area contributed by atoms with E-state index in [4.69, 9.17) is 0 Å². The normalized spacial score (nSPS) is 15.0. The second-order valence-corrected chi connectivity index (χ2v) is 6.69. The van der Waals surface area contributed by atoms with Crippen LogP contribution in [0.5, 0.6) is 5.75 Å². The Hall–Kier alpha value is -2.83. The molecular formula is C19H23N3O4. The number of nitrogens with one attached hydrogen (secondary N) is 2. The van der Waals surface area contributed by atoms with E-state index in [0.717, 1.165) is 25.7 Å². The van der Waals surface area contributed by atoms with Crippen LogP contribution in [0.2, 0.25) is 0 Å². The molecule has 0 saturated heterocycles. The molecule has 1 aliphatic rings. The van der Waals surface area contributed by atoms with E-state index in [-0.39, 0.29) is 28.7 Å². The molecule has 1 saturated carbocycles. The van der Waals surface area contributed by atoms with E-state index in [1.165, 1.54) is 19.5 Å². The number of aromatic hydroxyl groups is 1. The molecule has 7 nitrogen and oxygen atoms in total. The molecule has 0 bridgehead atoms. The van der Waals surface area contributed by atoms with Crippen LogP contribution in [0.1, 0.15) is 42.5 Å². The van der Waals surface area contributed by atoms with Gasteiger partial charge in [0, 0.05) is 20.1 Å². The number of benzene rings is 1. The highest BCUT2D eigenvalue weighted by Gasteiger charge is 2.29. The predicted molar refractivity (Wildman–Crippen MR) is 101 cm³/mol. The first-order valence-electron chi connectivity index (χ1n) is 8.83. The molecule has 3 N–H and O–H groups in total. The fraction of sp³-hybridized carbons (Fsp3) is 0.421. The van der Waals surface area contributed by atoms with E-state index < -0.39 is 16.8 Å². The molecule has 1 fully saturated rings. The third-order valence-electron chi connectivity index (χ3n) is 5.13. The summed E-state index contributed by atoms with van der Waals surface area (Å²) in [5.74, 6) is -0.693. The number of hydrogen-bond acceptors (Lipinski definition) is 6. The lowest BCUT2D eigenvalue weighted by molar-refractivity contribution is 0.0960. The first-order valence-corrected chi connectivity index (χ1v) is 8.83. The second kappa shape index (κ2) is 7.19. The lowest BCUT2D eigenvalue weighted by Crippen LogP contribution is -2.45. The average molecular weight is 357 g/mol. The van der Waals surface area contributed by atoms with Crippen LogP contribution < -0.4 is 26.4 Å². The molecule has 0 heterocycles. The first kappa shape index (κ1) is 18.0. The van der Waals surface area contributed by atoms with Gasteiger partial charge in [-0.05, 0) is 25.0 Å². The summed E-state index contributed by atoms with van der Waals surface area (Å²) >= 11 is 0. The minimum absolute atomic E-state index is 0.0957. The van der Waals surface area contributed by atoms with Crippen LogP contribution in [0.15, 0.2) is 27.8 Å². The van der Waals surface area contributed by atoms with Gasteiger partial charge in [-0.1, -0.05) is 25.3 Å². The van der Waals surface area contributed by atoms with Gasteiger partial charge in [-0.2, -0.15) is 0 Å². The molecule has 138 valence electrons. The maximum Gasteiger partial charge on any atom is 0.254 e. The fourth-order valence-electron chi connectivity index (χ4n) is 3.58. The van der Waals surface area contributed by atoms with Gasteiger partial charge in [-0.25, -0.2) is 0 Å². The highest BCUT2D eigenvalue weighted by atomic mass is 16.3. The number of phenolic OH excluding ortho intramolecular Hbond substituents is 1. The zero-order valence-electron chi connectivity index (χ0n) is 15.0. The molecule has 0 atom stereocenters. The Bertz CT molecular complexity index is 893. The largest absolute Gasteiger partial charge is 0.505 e. The predicted octanol–water partition coefficient (Wildman–Crippen LogP) is 1.86. The van der Waals surface area contributed by atoms with Crippen LogP contribution in [0.4, 0.5) is 17.1 Å². The van der Waals surface area contributed by atoms with Gasteiger partial charge >= 0.3 is 0 Å². The average Bonchev–Trinajstić information content (AvgIpc) is 2.68. The van der Waals surface area contributed by atoms with Crippen molar-refractivity contribution < 1.29 is 9.90 Å². The molecule has 26 heavy (non-hydrogen) atoms. The van der Waals surface area contributed by atoms with E-state index in [9.17, 15) is 19.5 Å². The Morgan fingerprint density at radius 3 is 2.50 bits per heavy atom. The number of carbonyl (C=O) groups is 1. The van der Waals surface area contributed by atoms with Crippen LogP contribution in [0, 0.1) is 0 Å². The number of anilines is 3. The third-order valence-corrected chi connectivity index (χ3v) is 5.13. The summed E-state index contributed by atoms with van der Waals surface area (Å²) in [4.78, 5) is 37.9. The molecular weight excluding hydrogens is 334 g/mol. The van der Waals surface area contributed by atoms with Crippen molar-refractivity contribution in [2.24, 2.45) is 0 Å². The van der Waals surface area contributed by atoms with Crippen LogP contribution in [-0.2, 0) is 0 Å². The Labute approximate surface area is 151 Å². The third kappa shape index (κ3) is 3.05. The van der Waals surface area contributed by atoms with Crippen molar-refractivity contribution in [3.63, 3.8) is 0 Å². The Morgan fingerprint density at radius 1 is 1.15 bits per heavy atom. The van der Waals surface area contributed by atoms with Gasteiger partial charge < -0.3 is 20.6 Å². The van der Waals surface area contributed by atoms with Gasteiger partial charge in [-0.3, -0.25) is 14.4 Å². The number of para-hydroxylation sites is 1. The molecule has 2 aromatic carbocycles. The number of rotatable bonds is 5. The summed E-state index contributed by atoms with van der Waals surface area (Å²) in [5.41, 5.74) is -0.274. The number of amides is 1. The molecule has 2 aromatic rings. The smallest absolute Gasteiger partial charge is 0.254 e. The number of hydrogen-bond donors (Lipinski definition) is 3. The lowest BCUT2D eigenvalue weighted by atomic mass is 9.93. The van der Waals surface area contributed by atoms with Crippen molar-refractivity contribution >= 4 is 23.0 Å². The molecule has 7 heteroatoms. The zero-order valence-corrected chi connectivity index (χ0v) is 15.0. The zero-order chi connectivity index (χ0) is 18.8. The fourth-order valence-corrected chi connectivity index (χ4v) is 3.58. The highest BCUT2D eigenvalue weighted by molar-refractivity contribution is 5.99. The summed E-state index contributed by atoms with van der Waals surface area (Å²) in [5, 5.41) is 15.6. The van der Waals surface area contributed by atoms with E-state index in [0.29, 0.717) is 5.69 Å². The van der Waals surface area contributed by atoms with Gasteiger partial charge in [0.15, 0.2) is 5.75 Å². The summed E-state index contributed by atoms with van der Waals surface area (Å²) in [7, 11) is 3.30. The highest BCUT2D eigenvalue weighted by Crippen LogP contribution is 2.34. The Kier molecular flexibility index (Phi) is 4.97. The number of phenols is 1. The van der Waals surface area contributed by atoms with Crippen molar-refractivity contribution in [2.45, 2.75) is 38.1 Å². The van der Waals surface area contributed by atoms with E-state index in [2.05, 4.69) is 10.6 Å². The molecule has 3 rings (SSSR count). The maximum absolute atomic E-state index is 12.1. The van der Waals surface area contributed by atoms with Crippen LogP contribution in [0.3, 0.4) is 0 Å². The monoisotopic (exact) mass is 357 g/mol. The van der Waals surface area contributed by atoms with Crippen molar-refractivity contribution in [1.82, 2.24) is 5.32 Å². The molecule has 0 aliphatic heterocycles. The maximum atomic E-state index is 12.1. The lowest BCUT2D eigenvalue weighted by Gasteiger charge is -2.34. The topological polar surface area (TPSA) is 98.7 Å². The first-order chi connectivity index (χ1) is 12.5. The summed E-state index contributed by atoms with van der Waals surface area (Å²) < 4.78 is 0. The van der Waals surface area contributed by atoms with Crippen LogP contribution in [0.25, 0.3) is 0 Å². The minimum atomic E-state index is -0.604. The van der Waals surface area contributed by atoms with E-state index >= 15 is 0 Å². The SMILES string of the molecule is CNC(=O)c1cccc(Nc2c(N(C)C3CCCCC3)c(=O)c2=O)c1O. The van der Waals surface area contributed by atoms with Crippen molar-refractivity contribution in [2.75, 3.05) is 24.3 Å². The second-order valence-electron chi connectivity index (χ2n) is 6.69. The quantitative estimate of drug-likeness (QED) is 0.558. The molecule has 0 spiro atoms. The van der Waals surface area contributed by atoms with Gasteiger partial charge in [0.1, 0.15) is 11.4 Å². The Balaban J connectivity index is 1.90. The summed E-state index contributed by atoms with van der Waals surface area (Å²) in [6.45, 7) is 0. The summed E-state index contributed by atoms with van der Waals surface area (Å²) in [6, 6.07) is 4.88. The molecule has 0 aromatic heterocycles. The minimum Gasteiger partial charge on any atom is -0.505 e. The van der Waals surface area contributed by atoms with E-state index in [1.807, 2.05) is 11.9 Å². The Morgan fingerprint density at radius 2 is 1.85 bits per heavy atom. The van der Waals surface area contributed by atoms with Crippen molar-refractivity contribution in [1.29, 1.82) is 0 Å². The van der Waals surface area contributed by atoms with Crippen molar-refractivity contribution in [3.05, 3.63) is 44.2 Å². The molecule has 1 amide bonds. The van der Waals surface area contributed by atoms with Gasteiger partial charge in [0.2, 0.25) is 0 Å². The van der Waals surface area contributed by atoms with Gasteiger partial charge in [0.05, 0.1) is 11.3 Å².